The predicted octanol–water partition coefficient (Wildman–Crippen LogP) is 3.13. The Morgan fingerprint density at radius 3 is 3.12 bits per heavy atom. The molecule has 128 valence electrons. The summed E-state index contributed by atoms with van der Waals surface area (Å²) in [6, 6.07) is 3.79. The van der Waals surface area contributed by atoms with Gasteiger partial charge in [0.25, 0.3) is 0 Å². The monoisotopic (exact) mass is 357 g/mol. The van der Waals surface area contributed by atoms with Crippen LogP contribution in [-0.4, -0.2) is 38.0 Å². The first-order valence-electron chi connectivity index (χ1n) is 7.73. The molecule has 3 heterocycles. The van der Waals surface area contributed by atoms with Crippen LogP contribution < -0.4 is 5.32 Å². The van der Waals surface area contributed by atoms with Crippen LogP contribution >= 0.6 is 11.6 Å². The Labute approximate surface area is 148 Å². The van der Waals surface area contributed by atoms with Gasteiger partial charge in [0.2, 0.25) is 5.95 Å². The number of anilines is 2. The van der Waals surface area contributed by atoms with Crippen molar-refractivity contribution in [1.82, 2.24) is 25.0 Å². The van der Waals surface area contributed by atoms with Crippen LogP contribution in [0.1, 0.15) is 18.2 Å². The van der Waals surface area contributed by atoms with Crippen molar-refractivity contribution in [2.24, 2.45) is 12.0 Å². The minimum Gasteiger partial charge on any atom is -0.484 e. The molecule has 1 aliphatic rings. The van der Waals surface area contributed by atoms with Gasteiger partial charge in [0.1, 0.15) is 5.92 Å². The summed E-state index contributed by atoms with van der Waals surface area (Å²) in [6.07, 6.45) is 6.15. The summed E-state index contributed by atoms with van der Waals surface area (Å²) in [5.41, 5.74) is 1.62. The first-order valence-corrected chi connectivity index (χ1v) is 8.11. The van der Waals surface area contributed by atoms with Gasteiger partial charge in [-0.3, -0.25) is 5.10 Å². The molecule has 1 aliphatic heterocycles. The Morgan fingerprint density at radius 1 is 1.40 bits per heavy atom. The Hall–Kier alpha value is -2.87. The van der Waals surface area contributed by atoms with Crippen LogP contribution in [0, 0.1) is 0 Å². The van der Waals surface area contributed by atoms with E-state index in [4.69, 9.17) is 16.3 Å². The van der Waals surface area contributed by atoms with E-state index in [0.717, 1.165) is 23.0 Å². The molecule has 0 radical (unpaired) electrons. The van der Waals surface area contributed by atoms with Crippen LogP contribution in [-0.2, 0) is 11.8 Å². The van der Waals surface area contributed by atoms with E-state index in [-0.39, 0.29) is 5.92 Å². The number of benzene rings is 1. The first-order chi connectivity index (χ1) is 12.2. The molecule has 0 amide bonds. The maximum Gasteiger partial charge on any atom is 0.225 e. The standard InChI is InChI=1S/C16H16ClN7O/c1-24-16(20-12-6-5-11-10(13(12)17)8-19-22-11)21-14(23-24)9-4-3-7-18-15(9)25-2/h3,5-9H,4H2,1-2H3,(H,19,22)(H,20,21,23). The van der Waals surface area contributed by atoms with E-state index >= 15 is 0 Å². The molecule has 9 heteroatoms. The minimum atomic E-state index is -0.0939. The van der Waals surface area contributed by atoms with Crippen molar-refractivity contribution >= 4 is 40.0 Å². The van der Waals surface area contributed by atoms with Crippen molar-refractivity contribution in [2.75, 3.05) is 12.4 Å². The van der Waals surface area contributed by atoms with Gasteiger partial charge in [-0.05, 0) is 18.6 Å². The minimum absolute atomic E-state index is 0.0939. The second-order valence-electron chi connectivity index (χ2n) is 5.65. The molecule has 4 rings (SSSR count). The first kappa shape index (κ1) is 15.6. The summed E-state index contributed by atoms with van der Waals surface area (Å²) in [7, 11) is 3.43. The molecule has 0 spiro atoms. The number of nitrogens with one attached hydrogen (secondary N) is 2. The molecule has 25 heavy (non-hydrogen) atoms. The number of aromatic nitrogens is 5. The van der Waals surface area contributed by atoms with Gasteiger partial charge in [0, 0.05) is 18.6 Å². The molecule has 0 saturated carbocycles. The third-order valence-electron chi connectivity index (χ3n) is 4.08. The second-order valence-corrected chi connectivity index (χ2v) is 6.02. The van der Waals surface area contributed by atoms with Crippen molar-refractivity contribution in [3.8, 4) is 0 Å². The Bertz CT molecular complexity index is 988. The number of methoxy groups -OCH3 is 1. The average molecular weight is 358 g/mol. The molecule has 1 aromatic carbocycles. The van der Waals surface area contributed by atoms with Gasteiger partial charge in [0.05, 0.1) is 29.5 Å². The number of ether oxygens (including phenoxy) is 1. The van der Waals surface area contributed by atoms with E-state index in [0.29, 0.717) is 22.7 Å². The summed E-state index contributed by atoms with van der Waals surface area (Å²) < 4.78 is 7.02. The third kappa shape index (κ3) is 2.74. The number of aliphatic imine (C=N–C) groups is 1. The molecule has 0 saturated heterocycles. The van der Waals surface area contributed by atoms with Gasteiger partial charge >= 0.3 is 0 Å². The van der Waals surface area contributed by atoms with Gasteiger partial charge in [-0.15, -0.1) is 0 Å². The molecule has 2 N–H and O–H groups in total. The zero-order valence-corrected chi connectivity index (χ0v) is 14.4. The molecule has 8 nitrogen and oxygen atoms in total. The number of aryl methyl sites for hydroxylation is 1. The van der Waals surface area contributed by atoms with E-state index in [9.17, 15) is 0 Å². The number of halogens is 1. The fourth-order valence-electron chi connectivity index (χ4n) is 2.79. The largest absolute Gasteiger partial charge is 0.484 e. The average Bonchev–Trinajstić information content (AvgIpc) is 3.25. The zero-order chi connectivity index (χ0) is 17.4. The Morgan fingerprint density at radius 2 is 2.28 bits per heavy atom. The molecule has 3 aromatic rings. The maximum absolute atomic E-state index is 6.46. The van der Waals surface area contributed by atoms with Crippen molar-refractivity contribution in [3.05, 3.63) is 41.5 Å². The van der Waals surface area contributed by atoms with E-state index in [1.807, 2.05) is 25.3 Å². The molecule has 1 unspecified atom stereocenters. The lowest BCUT2D eigenvalue weighted by molar-refractivity contribution is 0.377. The Balaban J connectivity index is 1.65. The fraction of sp³-hybridized carbons (Fsp3) is 0.250. The smallest absolute Gasteiger partial charge is 0.225 e. The van der Waals surface area contributed by atoms with Crippen LogP contribution in [0.3, 0.4) is 0 Å². The van der Waals surface area contributed by atoms with Crippen molar-refractivity contribution in [2.45, 2.75) is 12.3 Å². The van der Waals surface area contributed by atoms with Gasteiger partial charge in [-0.1, -0.05) is 17.7 Å². The van der Waals surface area contributed by atoms with Crippen LogP contribution in [0.5, 0.6) is 0 Å². The number of H-pyrrole nitrogens is 1. The summed E-state index contributed by atoms with van der Waals surface area (Å²) in [4.78, 5) is 8.84. The summed E-state index contributed by atoms with van der Waals surface area (Å²) in [5, 5.41) is 16.1. The number of fused-ring (bicyclic) bond motifs is 1. The number of hydrogen-bond acceptors (Lipinski definition) is 6. The summed E-state index contributed by atoms with van der Waals surface area (Å²) in [5.74, 6) is 1.75. The molecule has 1 atom stereocenters. The van der Waals surface area contributed by atoms with Crippen molar-refractivity contribution < 1.29 is 4.74 Å². The highest BCUT2D eigenvalue weighted by Crippen LogP contribution is 2.32. The number of rotatable bonds is 3. The van der Waals surface area contributed by atoms with Gasteiger partial charge in [-0.25, -0.2) is 9.67 Å². The Kier molecular flexibility index (Phi) is 3.89. The highest BCUT2D eigenvalue weighted by atomic mass is 35.5. The lowest BCUT2D eigenvalue weighted by atomic mass is 10.0. The van der Waals surface area contributed by atoms with E-state index < -0.39 is 0 Å². The topological polar surface area (TPSA) is 93.0 Å². The molecule has 0 bridgehead atoms. The number of hydrogen-bond donors (Lipinski definition) is 2. The lowest BCUT2D eigenvalue weighted by Crippen LogP contribution is -2.17. The van der Waals surface area contributed by atoms with Gasteiger partial charge in [0.15, 0.2) is 11.7 Å². The van der Waals surface area contributed by atoms with Gasteiger partial charge < -0.3 is 10.1 Å². The normalized spacial score (nSPS) is 16.9. The highest BCUT2D eigenvalue weighted by Gasteiger charge is 2.25. The van der Waals surface area contributed by atoms with Crippen LogP contribution in [0.2, 0.25) is 5.02 Å². The second kappa shape index (κ2) is 6.21. The van der Waals surface area contributed by atoms with Crippen LogP contribution in [0.15, 0.2) is 35.6 Å². The maximum atomic E-state index is 6.46. The van der Waals surface area contributed by atoms with E-state index in [2.05, 4.69) is 30.6 Å². The lowest BCUT2D eigenvalue weighted by Gasteiger charge is -2.15. The quantitative estimate of drug-likeness (QED) is 0.751. The third-order valence-corrected chi connectivity index (χ3v) is 4.49. The molecule has 0 fully saturated rings. The molecular formula is C16H16ClN7O. The molecular weight excluding hydrogens is 342 g/mol. The van der Waals surface area contributed by atoms with Crippen LogP contribution in [0.4, 0.5) is 11.6 Å². The summed E-state index contributed by atoms with van der Waals surface area (Å²) >= 11 is 6.46. The van der Waals surface area contributed by atoms with Crippen molar-refractivity contribution in [1.29, 1.82) is 0 Å². The molecule has 0 aliphatic carbocycles. The van der Waals surface area contributed by atoms with Crippen molar-refractivity contribution in [3.63, 3.8) is 0 Å². The van der Waals surface area contributed by atoms with E-state index in [1.54, 1.807) is 24.2 Å². The fourth-order valence-corrected chi connectivity index (χ4v) is 3.05. The SMILES string of the molecule is COC1=NC=CCC1c1nc(Nc2ccc3[nH]ncc3c2Cl)n(C)n1. The zero-order valence-electron chi connectivity index (χ0n) is 13.7. The van der Waals surface area contributed by atoms with Gasteiger partial charge in [-0.2, -0.15) is 15.2 Å². The number of aromatic amines is 1. The molecule has 2 aromatic heterocycles. The predicted molar refractivity (Wildman–Crippen MR) is 96.3 cm³/mol. The van der Waals surface area contributed by atoms with Crippen LogP contribution in [0.25, 0.3) is 10.9 Å². The highest BCUT2D eigenvalue weighted by molar-refractivity contribution is 6.38. The van der Waals surface area contributed by atoms with E-state index in [1.165, 1.54) is 0 Å². The summed E-state index contributed by atoms with van der Waals surface area (Å²) in [6.45, 7) is 0. The number of allylic oxidation sites excluding steroid dienone is 1. The number of nitrogens with zero attached hydrogens (tertiary/aromatic N) is 5.